The highest BCUT2D eigenvalue weighted by Gasteiger charge is 2.43. The fraction of sp³-hybridized carbons (Fsp3) is 0.278. The van der Waals surface area contributed by atoms with Gasteiger partial charge in [0.2, 0.25) is 5.91 Å². The van der Waals surface area contributed by atoms with Crippen LogP contribution in [0.25, 0.3) is 0 Å². The van der Waals surface area contributed by atoms with E-state index in [1.807, 2.05) is 42.5 Å². The Morgan fingerprint density at radius 3 is 1.96 bits per heavy atom. The fourth-order valence-corrected chi connectivity index (χ4v) is 7.30. The molecule has 2 atom stereocenters. The van der Waals surface area contributed by atoms with Crippen LogP contribution in [0.5, 0.6) is 23.0 Å². The number of nitrogens with zero attached hydrogens (tertiary/aromatic N) is 1. The summed E-state index contributed by atoms with van der Waals surface area (Å²) in [5.41, 5.74) is 6.13. The molecule has 1 heterocycles. The molecule has 0 aliphatic carbocycles. The lowest BCUT2D eigenvalue weighted by Gasteiger charge is -2.31. The molecule has 1 unspecified atom stereocenters. The number of hydrogen-bond acceptors (Lipinski definition) is 7. The summed E-state index contributed by atoms with van der Waals surface area (Å²) < 4.78 is 32.8. The largest absolute Gasteiger partial charge is 0.457 e. The van der Waals surface area contributed by atoms with E-state index in [0.717, 1.165) is 12.8 Å². The zero-order valence-corrected chi connectivity index (χ0v) is 27.8. The van der Waals surface area contributed by atoms with Gasteiger partial charge in [-0.05, 0) is 86.8 Å². The quantitative estimate of drug-likeness (QED) is 0.0972. The molecule has 4 aromatic carbocycles. The van der Waals surface area contributed by atoms with E-state index in [1.165, 1.54) is 0 Å². The lowest BCUT2D eigenvalue weighted by atomic mass is 10.1. The van der Waals surface area contributed by atoms with E-state index in [0.29, 0.717) is 67.3 Å². The van der Waals surface area contributed by atoms with E-state index < -0.39 is 25.3 Å². The Bertz CT molecular complexity index is 1570. The van der Waals surface area contributed by atoms with Crippen LogP contribution in [0.3, 0.4) is 0 Å². The third kappa shape index (κ3) is 9.85. The fourth-order valence-electron chi connectivity index (χ4n) is 5.40. The second-order valence-corrected chi connectivity index (χ2v) is 13.2. The monoisotopic (exact) mass is 677 g/mol. The van der Waals surface area contributed by atoms with E-state index in [9.17, 15) is 14.2 Å². The number of nitrogens with two attached hydrogens (primary N) is 1. The molecule has 1 fully saturated rings. The molecule has 0 spiro atoms. The van der Waals surface area contributed by atoms with Crippen molar-refractivity contribution >= 4 is 31.8 Å². The number of hydrogen-bond donors (Lipinski definition) is 2. The summed E-state index contributed by atoms with van der Waals surface area (Å²) in [5, 5.41) is 3.00. The number of ether oxygens (including phenoxy) is 1. The SMILES string of the molecule is Cl.NCCCCCC(NC(=O)[C@@H]1CCCN1C(=O)c1cccc(Oc2ccccc2)c1)P(=O)(Oc1ccccc1)Oc1ccccc1. The Morgan fingerprint density at radius 2 is 1.36 bits per heavy atom. The van der Waals surface area contributed by atoms with Crippen LogP contribution in [-0.2, 0) is 9.36 Å². The summed E-state index contributed by atoms with van der Waals surface area (Å²) in [5.74, 6) is 0.240. The molecule has 0 radical (unpaired) electrons. The van der Waals surface area contributed by atoms with E-state index in [4.69, 9.17) is 19.5 Å². The molecule has 11 heteroatoms. The summed E-state index contributed by atoms with van der Waals surface area (Å²) in [6.45, 7) is 0.951. The van der Waals surface area contributed by atoms with Crippen molar-refractivity contribution in [1.82, 2.24) is 10.2 Å². The maximum Gasteiger partial charge on any atom is 0.452 e. The van der Waals surface area contributed by atoms with E-state index in [1.54, 1.807) is 77.7 Å². The van der Waals surface area contributed by atoms with E-state index in [-0.39, 0.29) is 18.3 Å². The number of para-hydroxylation sites is 3. The van der Waals surface area contributed by atoms with Crippen molar-refractivity contribution in [3.63, 3.8) is 0 Å². The number of halogens is 1. The highest BCUT2D eigenvalue weighted by atomic mass is 35.5. The van der Waals surface area contributed by atoms with Crippen LogP contribution in [0, 0.1) is 0 Å². The minimum atomic E-state index is -4.04. The Kier molecular flexibility index (Phi) is 13.3. The van der Waals surface area contributed by atoms with Crippen molar-refractivity contribution in [2.24, 2.45) is 5.73 Å². The molecule has 0 saturated carbocycles. The van der Waals surface area contributed by atoms with Gasteiger partial charge in [-0.25, -0.2) is 4.57 Å². The van der Waals surface area contributed by atoms with Gasteiger partial charge in [-0.1, -0.05) is 73.5 Å². The molecule has 248 valence electrons. The summed E-state index contributed by atoms with van der Waals surface area (Å²) >= 11 is 0. The van der Waals surface area contributed by atoms with Crippen LogP contribution in [0.4, 0.5) is 0 Å². The lowest BCUT2D eigenvalue weighted by Crippen LogP contribution is -2.49. The zero-order valence-electron chi connectivity index (χ0n) is 26.1. The summed E-state index contributed by atoms with van der Waals surface area (Å²) in [4.78, 5) is 29.3. The third-order valence-corrected chi connectivity index (χ3v) is 9.78. The summed E-state index contributed by atoms with van der Waals surface area (Å²) in [7, 11) is -4.04. The molecule has 5 rings (SSSR count). The maximum atomic E-state index is 14.7. The standard InChI is InChI=1S/C36H40N3O6P.ClH/c37-25-12-4-11-24-34(46(42,44-30-18-7-2-8-19-30)45-31-20-9-3-10-21-31)38-35(40)33-23-14-26-39(33)36(41)28-15-13-22-32(27-28)43-29-16-5-1-6-17-29;/h1-3,5-10,13,15-22,27,33-34H,4,11-12,14,23-26,37H2,(H,38,40);1H/t33-,34?;/m0./s1. The first kappa shape index (κ1) is 35.6. The molecule has 0 aromatic heterocycles. The van der Waals surface area contributed by atoms with Gasteiger partial charge in [0.05, 0.1) is 0 Å². The molecule has 47 heavy (non-hydrogen) atoms. The highest BCUT2D eigenvalue weighted by Crippen LogP contribution is 2.53. The Balaban J connectivity index is 0.00000500. The smallest absolute Gasteiger partial charge is 0.452 e. The Labute approximate surface area is 282 Å². The molecule has 1 aliphatic rings. The first-order valence-corrected chi connectivity index (χ1v) is 17.3. The first-order valence-electron chi connectivity index (χ1n) is 15.7. The molecular weight excluding hydrogens is 637 g/mol. The van der Waals surface area contributed by atoms with Gasteiger partial charge < -0.3 is 29.7 Å². The van der Waals surface area contributed by atoms with Crippen molar-refractivity contribution in [3.05, 3.63) is 121 Å². The number of nitrogens with one attached hydrogen (secondary N) is 1. The summed E-state index contributed by atoms with van der Waals surface area (Å²) in [6.07, 6.45) is 3.69. The minimum absolute atomic E-state index is 0. The predicted molar refractivity (Wildman–Crippen MR) is 185 cm³/mol. The molecule has 9 nitrogen and oxygen atoms in total. The minimum Gasteiger partial charge on any atom is -0.457 e. The maximum absolute atomic E-state index is 14.7. The van der Waals surface area contributed by atoms with Crippen molar-refractivity contribution in [2.45, 2.75) is 50.3 Å². The molecule has 3 N–H and O–H groups in total. The molecule has 4 aromatic rings. The lowest BCUT2D eigenvalue weighted by molar-refractivity contribution is -0.125. The van der Waals surface area contributed by atoms with Gasteiger partial charge >= 0.3 is 7.60 Å². The van der Waals surface area contributed by atoms with Gasteiger partial charge in [-0.15, -0.1) is 12.4 Å². The number of likely N-dealkylation sites (tertiary alicyclic amines) is 1. The number of carbonyl (C=O) groups excluding carboxylic acids is 2. The normalized spacial score (nSPS) is 14.8. The average Bonchev–Trinajstić information content (AvgIpc) is 3.58. The number of amides is 2. The van der Waals surface area contributed by atoms with Crippen molar-refractivity contribution in [1.29, 1.82) is 0 Å². The van der Waals surface area contributed by atoms with Gasteiger partial charge in [0.1, 0.15) is 29.0 Å². The van der Waals surface area contributed by atoms with Crippen LogP contribution in [-0.4, -0.2) is 41.6 Å². The molecule has 2 amide bonds. The second kappa shape index (κ2) is 17.6. The van der Waals surface area contributed by atoms with Gasteiger partial charge in [-0.3, -0.25) is 9.59 Å². The number of carbonyl (C=O) groups is 2. The first-order chi connectivity index (χ1) is 22.4. The summed E-state index contributed by atoms with van der Waals surface area (Å²) in [6, 6.07) is 33.0. The van der Waals surface area contributed by atoms with Crippen LogP contribution < -0.4 is 24.8 Å². The van der Waals surface area contributed by atoms with Crippen molar-refractivity contribution < 1.29 is 27.9 Å². The number of unbranched alkanes of at least 4 members (excludes halogenated alkanes) is 2. The van der Waals surface area contributed by atoms with Crippen LogP contribution >= 0.6 is 20.0 Å². The van der Waals surface area contributed by atoms with Crippen molar-refractivity contribution in [3.8, 4) is 23.0 Å². The van der Waals surface area contributed by atoms with E-state index >= 15 is 0 Å². The zero-order chi connectivity index (χ0) is 32.2. The third-order valence-electron chi connectivity index (χ3n) is 7.70. The predicted octanol–water partition coefficient (Wildman–Crippen LogP) is 7.82. The number of rotatable bonds is 15. The molecular formula is C36H41ClN3O6P. The molecule has 1 saturated heterocycles. The number of benzene rings is 4. The second-order valence-electron chi connectivity index (χ2n) is 11.1. The molecule has 1 aliphatic heterocycles. The van der Waals surface area contributed by atoms with Crippen LogP contribution in [0.2, 0.25) is 0 Å². The van der Waals surface area contributed by atoms with Gasteiger partial charge in [-0.2, -0.15) is 0 Å². The van der Waals surface area contributed by atoms with Crippen LogP contribution in [0.15, 0.2) is 115 Å². The highest BCUT2D eigenvalue weighted by molar-refractivity contribution is 7.55. The Hall–Kier alpha value is -4.30. The van der Waals surface area contributed by atoms with Gasteiger partial charge in [0.15, 0.2) is 5.78 Å². The Morgan fingerprint density at radius 1 is 0.787 bits per heavy atom. The van der Waals surface area contributed by atoms with Crippen LogP contribution in [0.1, 0.15) is 48.9 Å². The molecule has 0 bridgehead atoms. The topological polar surface area (TPSA) is 120 Å². The van der Waals surface area contributed by atoms with Gasteiger partial charge in [0, 0.05) is 12.1 Å². The van der Waals surface area contributed by atoms with Gasteiger partial charge in [0.25, 0.3) is 5.91 Å². The van der Waals surface area contributed by atoms with E-state index in [2.05, 4.69) is 5.32 Å². The average molecular weight is 678 g/mol. The van der Waals surface area contributed by atoms with Crippen molar-refractivity contribution in [2.75, 3.05) is 13.1 Å².